The Hall–Kier alpha value is -1.14. The van der Waals surface area contributed by atoms with Crippen LogP contribution in [-0.4, -0.2) is 46.6 Å². The summed E-state index contributed by atoms with van der Waals surface area (Å²) in [4.78, 5) is 19.4. The lowest BCUT2D eigenvalue weighted by Crippen LogP contribution is -2.22. The summed E-state index contributed by atoms with van der Waals surface area (Å²) in [5.41, 5.74) is 0. The second-order valence-corrected chi connectivity index (χ2v) is 2.77. The second kappa shape index (κ2) is 7.28. The standard InChI is InChI=1S/C4H6O5.C4H8O/c5-2(4(8)9)1-3(6)7;1-2-4-5-3-1/h2,5H,1H2,(H,6,7)(H,8,9);1-4H2. The summed E-state index contributed by atoms with van der Waals surface area (Å²) in [6.07, 6.45) is 0.0116. The van der Waals surface area contributed by atoms with Gasteiger partial charge in [-0.05, 0) is 12.8 Å². The molecule has 0 aromatic carbocycles. The monoisotopic (exact) mass is 206 g/mol. The van der Waals surface area contributed by atoms with E-state index in [1.165, 1.54) is 12.8 Å². The van der Waals surface area contributed by atoms with Crippen molar-refractivity contribution < 1.29 is 29.6 Å². The highest BCUT2D eigenvalue weighted by atomic mass is 16.5. The highest BCUT2D eigenvalue weighted by Gasteiger charge is 2.16. The predicted molar refractivity (Wildman–Crippen MR) is 45.9 cm³/mol. The second-order valence-electron chi connectivity index (χ2n) is 2.77. The van der Waals surface area contributed by atoms with Gasteiger partial charge in [0.1, 0.15) is 0 Å². The summed E-state index contributed by atoms with van der Waals surface area (Å²) in [5, 5.41) is 24.1. The number of rotatable bonds is 3. The molecule has 0 spiro atoms. The number of carboxylic acids is 2. The molecule has 6 heteroatoms. The van der Waals surface area contributed by atoms with Gasteiger partial charge in [-0.15, -0.1) is 0 Å². The van der Waals surface area contributed by atoms with E-state index in [9.17, 15) is 9.59 Å². The largest absolute Gasteiger partial charge is 0.481 e. The number of hydrogen-bond donors (Lipinski definition) is 3. The molecule has 0 saturated carbocycles. The third-order valence-corrected chi connectivity index (χ3v) is 1.48. The van der Waals surface area contributed by atoms with Crippen LogP contribution in [0.4, 0.5) is 0 Å². The van der Waals surface area contributed by atoms with E-state index in [1.807, 2.05) is 0 Å². The molecular weight excluding hydrogens is 192 g/mol. The molecule has 1 atom stereocenters. The summed E-state index contributed by atoms with van der Waals surface area (Å²) >= 11 is 0. The zero-order chi connectivity index (χ0) is 11.0. The van der Waals surface area contributed by atoms with E-state index in [2.05, 4.69) is 0 Å². The Balaban J connectivity index is 0.000000280. The molecule has 1 aliphatic rings. The van der Waals surface area contributed by atoms with E-state index in [0.717, 1.165) is 13.2 Å². The molecular formula is C8H14O6. The van der Waals surface area contributed by atoms with Crippen LogP contribution in [0.25, 0.3) is 0 Å². The normalized spacial score (nSPS) is 16.6. The zero-order valence-electron chi connectivity index (χ0n) is 7.68. The predicted octanol–water partition coefficient (Wildman–Crippen LogP) is -0.297. The van der Waals surface area contributed by atoms with Gasteiger partial charge in [-0.2, -0.15) is 0 Å². The Kier molecular flexibility index (Phi) is 6.69. The van der Waals surface area contributed by atoms with Gasteiger partial charge in [-0.3, -0.25) is 4.79 Å². The van der Waals surface area contributed by atoms with Gasteiger partial charge in [0, 0.05) is 13.2 Å². The Bertz CT molecular complexity index is 179. The minimum Gasteiger partial charge on any atom is -0.481 e. The molecule has 1 aliphatic heterocycles. The first kappa shape index (κ1) is 12.9. The van der Waals surface area contributed by atoms with Gasteiger partial charge in [0.2, 0.25) is 0 Å². The fourth-order valence-electron chi connectivity index (χ4n) is 0.763. The van der Waals surface area contributed by atoms with Crippen molar-refractivity contribution in [2.24, 2.45) is 0 Å². The van der Waals surface area contributed by atoms with Crippen molar-refractivity contribution in [2.75, 3.05) is 13.2 Å². The molecule has 82 valence electrons. The van der Waals surface area contributed by atoms with Crippen LogP contribution in [0, 0.1) is 0 Å². The van der Waals surface area contributed by atoms with E-state index >= 15 is 0 Å². The van der Waals surface area contributed by atoms with Gasteiger partial charge in [0.25, 0.3) is 0 Å². The van der Waals surface area contributed by atoms with Crippen molar-refractivity contribution in [3.63, 3.8) is 0 Å². The molecule has 14 heavy (non-hydrogen) atoms. The fraction of sp³-hybridized carbons (Fsp3) is 0.750. The van der Waals surface area contributed by atoms with E-state index < -0.39 is 24.5 Å². The van der Waals surface area contributed by atoms with Gasteiger partial charge in [-0.1, -0.05) is 0 Å². The van der Waals surface area contributed by atoms with Gasteiger partial charge in [-0.25, -0.2) is 4.79 Å². The Morgan fingerprint density at radius 3 is 1.86 bits per heavy atom. The van der Waals surface area contributed by atoms with Crippen LogP contribution in [0.1, 0.15) is 19.3 Å². The smallest absolute Gasteiger partial charge is 0.333 e. The van der Waals surface area contributed by atoms with Crippen LogP contribution >= 0.6 is 0 Å². The number of aliphatic carboxylic acids is 2. The van der Waals surface area contributed by atoms with Crippen molar-refractivity contribution in [1.82, 2.24) is 0 Å². The molecule has 0 aromatic rings. The SMILES string of the molecule is C1CCOC1.O=C(O)CC(O)C(=O)O. The van der Waals surface area contributed by atoms with Crippen molar-refractivity contribution in [2.45, 2.75) is 25.4 Å². The summed E-state index contributed by atoms with van der Waals surface area (Å²) in [6, 6.07) is 0. The summed E-state index contributed by atoms with van der Waals surface area (Å²) in [5.74, 6) is -2.85. The molecule has 6 nitrogen and oxygen atoms in total. The molecule has 0 radical (unpaired) electrons. The minimum absolute atomic E-state index is 0.755. The van der Waals surface area contributed by atoms with Gasteiger partial charge < -0.3 is 20.1 Å². The highest BCUT2D eigenvalue weighted by molar-refractivity contribution is 5.79. The average molecular weight is 206 g/mol. The molecule has 0 aromatic heterocycles. The van der Waals surface area contributed by atoms with Gasteiger partial charge >= 0.3 is 11.9 Å². The molecule has 1 rings (SSSR count). The molecule has 1 saturated heterocycles. The first-order valence-electron chi connectivity index (χ1n) is 4.24. The Morgan fingerprint density at radius 2 is 1.71 bits per heavy atom. The molecule has 0 aliphatic carbocycles. The van der Waals surface area contributed by atoms with Crippen molar-refractivity contribution in [3.05, 3.63) is 0 Å². The number of ether oxygens (including phenoxy) is 1. The summed E-state index contributed by atoms with van der Waals surface area (Å²) < 4.78 is 4.94. The number of aliphatic hydroxyl groups is 1. The first-order chi connectivity index (χ1) is 6.54. The Labute approximate surface area is 81.1 Å². The van der Waals surface area contributed by atoms with Crippen LogP contribution in [0.3, 0.4) is 0 Å². The third kappa shape index (κ3) is 7.51. The molecule has 3 N–H and O–H groups in total. The van der Waals surface area contributed by atoms with Gasteiger partial charge in [0.15, 0.2) is 6.10 Å². The van der Waals surface area contributed by atoms with Crippen molar-refractivity contribution in [1.29, 1.82) is 0 Å². The first-order valence-corrected chi connectivity index (χ1v) is 4.24. The maximum absolute atomic E-state index is 9.72. The molecule has 1 unspecified atom stereocenters. The number of aliphatic hydroxyl groups excluding tert-OH is 1. The summed E-state index contributed by atoms with van der Waals surface area (Å²) in [7, 11) is 0. The minimum atomic E-state index is -1.79. The van der Waals surface area contributed by atoms with E-state index in [1.54, 1.807) is 0 Å². The topological polar surface area (TPSA) is 104 Å². The molecule has 1 fully saturated rings. The van der Waals surface area contributed by atoms with Crippen molar-refractivity contribution >= 4 is 11.9 Å². The number of carbonyl (C=O) groups is 2. The van der Waals surface area contributed by atoms with Crippen LogP contribution in [0.2, 0.25) is 0 Å². The lowest BCUT2D eigenvalue weighted by atomic mass is 10.3. The van der Waals surface area contributed by atoms with Crippen LogP contribution in [0.5, 0.6) is 0 Å². The maximum atomic E-state index is 9.72. The van der Waals surface area contributed by atoms with Crippen LogP contribution < -0.4 is 0 Å². The quantitative estimate of drug-likeness (QED) is 0.585. The van der Waals surface area contributed by atoms with E-state index in [4.69, 9.17) is 20.1 Å². The van der Waals surface area contributed by atoms with Crippen LogP contribution in [-0.2, 0) is 14.3 Å². The average Bonchev–Trinajstić information content (AvgIpc) is 2.59. The maximum Gasteiger partial charge on any atom is 0.333 e. The lowest BCUT2D eigenvalue weighted by Gasteiger charge is -1.97. The Morgan fingerprint density at radius 1 is 1.21 bits per heavy atom. The molecule has 1 heterocycles. The van der Waals surface area contributed by atoms with E-state index in [0.29, 0.717) is 0 Å². The highest BCUT2D eigenvalue weighted by Crippen LogP contribution is 1.98. The van der Waals surface area contributed by atoms with E-state index in [-0.39, 0.29) is 0 Å². The fourth-order valence-corrected chi connectivity index (χ4v) is 0.763. The van der Waals surface area contributed by atoms with Gasteiger partial charge in [0.05, 0.1) is 6.42 Å². The molecule has 0 amide bonds. The zero-order valence-corrected chi connectivity index (χ0v) is 7.68. The van der Waals surface area contributed by atoms with Crippen LogP contribution in [0.15, 0.2) is 0 Å². The number of carboxylic acid groups (broad SMARTS) is 2. The lowest BCUT2D eigenvalue weighted by molar-refractivity contribution is -0.152. The summed E-state index contributed by atoms with van der Waals surface area (Å²) in [6.45, 7) is 2.00. The number of hydrogen-bond acceptors (Lipinski definition) is 4. The third-order valence-electron chi connectivity index (χ3n) is 1.48. The van der Waals surface area contributed by atoms with Crippen molar-refractivity contribution in [3.8, 4) is 0 Å². The molecule has 0 bridgehead atoms.